The van der Waals surface area contributed by atoms with Gasteiger partial charge >= 0.3 is 0 Å². The van der Waals surface area contributed by atoms with Crippen molar-refractivity contribution in [3.8, 4) is 27.6 Å². The second-order valence-corrected chi connectivity index (χ2v) is 7.04. The highest BCUT2D eigenvalue weighted by atomic mass is 79.9. The Bertz CT molecular complexity index is 1060. The first-order chi connectivity index (χ1) is 12.1. The molecule has 124 valence electrons. The summed E-state index contributed by atoms with van der Waals surface area (Å²) in [6.07, 6.45) is 0. The molecule has 0 saturated heterocycles. The molecule has 2 N–H and O–H groups in total. The van der Waals surface area contributed by atoms with Crippen LogP contribution in [-0.4, -0.2) is 20.0 Å². The van der Waals surface area contributed by atoms with Crippen LogP contribution in [0, 0.1) is 5.82 Å². The monoisotopic (exact) mass is 415 g/mol. The molecule has 0 radical (unpaired) electrons. The highest BCUT2D eigenvalue weighted by Gasteiger charge is 2.17. The topological polar surface area (TPSA) is 69.6 Å². The minimum atomic E-state index is -0.361. The molecule has 0 saturated carbocycles. The van der Waals surface area contributed by atoms with Gasteiger partial charge in [0, 0.05) is 15.4 Å². The van der Waals surface area contributed by atoms with Crippen LogP contribution in [0.5, 0.6) is 0 Å². The molecule has 4 aromatic rings. The average Bonchev–Trinajstić information content (AvgIpc) is 3.21. The molecule has 8 heteroatoms. The summed E-state index contributed by atoms with van der Waals surface area (Å²) in [6, 6.07) is 13.9. The van der Waals surface area contributed by atoms with Crippen molar-refractivity contribution in [1.29, 1.82) is 0 Å². The number of nitrogens with two attached hydrogens (primary N) is 1. The van der Waals surface area contributed by atoms with Gasteiger partial charge in [0.05, 0.1) is 11.4 Å². The van der Waals surface area contributed by atoms with Crippen molar-refractivity contribution in [2.75, 3.05) is 5.73 Å². The molecule has 0 fully saturated rings. The Morgan fingerprint density at radius 1 is 1.12 bits per heavy atom. The predicted octanol–water partition coefficient (Wildman–Crippen LogP) is 4.54. The number of halogens is 2. The van der Waals surface area contributed by atoms with Crippen molar-refractivity contribution < 1.29 is 4.39 Å². The van der Waals surface area contributed by atoms with E-state index in [9.17, 15) is 4.39 Å². The van der Waals surface area contributed by atoms with Crippen molar-refractivity contribution in [2.24, 2.45) is 0 Å². The Balaban J connectivity index is 1.72. The summed E-state index contributed by atoms with van der Waals surface area (Å²) in [6.45, 7) is 0. The number of nitrogen functional groups attached to an aromatic ring is 1. The Labute approximate surface area is 155 Å². The summed E-state index contributed by atoms with van der Waals surface area (Å²) in [4.78, 5) is 4.61. The van der Waals surface area contributed by atoms with Gasteiger partial charge in [-0.3, -0.25) is 0 Å². The highest BCUT2D eigenvalue weighted by molar-refractivity contribution is 9.10. The van der Waals surface area contributed by atoms with Crippen molar-refractivity contribution in [1.82, 2.24) is 20.0 Å². The SMILES string of the molecule is Nc1c(-c2nc(-c3cccc(Br)c3)cs2)nnn1-c1cccc(F)c1. The summed E-state index contributed by atoms with van der Waals surface area (Å²) in [5.74, 6) is -0.0409. The summed E-state index contributed by atoms with van der Waals surface area (Å²) in [5, 5.41) is 10.8. The lowest BCUT2D eigenvalue weighted by Crippen LogP contribution is -2.02. The molecule has 0 atom stereocenters. The van der Waals surface area contributed by atoms with E-state index < -0.39 is 0 Å². The molecule has 0 aliphatic carbocycles. The molecule has 4 rings (SSSR count). The summed E-state index contributed by atoms with van der Waals surface area (Å²) >= 11 is 4.89. The van der Waals surface area contributed by atoms with Gasteiger partial charge in [-0.2, -0.15) is 4.68 Å². The zero-order chi connectivity index (χ0) is 17.4. The summed E-state index contributed by atoms with van der Waals surface area (Å²) in [7, 11) is 0. The van der Waals surface area contributed by atoms with Gasteiger partial charge in [-0.05, 0) is 30.3 Å². The Morgan fingerprint density at radius 3 is 2.76 bits per heavy atom. The lowest BCUT2D eigenvalue weighted by atomic mass is 10.2. The Hall–Kier alpha value is -2.58. The van der Waals surface area contributed by atoms with Crippen LogP contribution < -0.4 is 5.73 Å². The molecule has 2 heterocycles. The molecule has 0 bridgehead atoms. The molecular weight excluding hydrogens is 405 g/mol. The average molecular weight is 416 g/mol. The fourth-order valence-electron chi connectivity index (χ4n) is 2.40. The number of thiazole rings is 1. The first-order valence-corrected chi connectivity index (χ1v) is 8.98. The molecule has 5 nitrogen and oxygen atoms in total. The van der Waals surface area contributed by atoms with Gasteiger partial charge in [0.2, 0.25) is 0 Å². The van der Waals surface area contributed by atoms with Crippen LogP contribution in [0.3, 0.4) is 0 Å². The zero-order valence-electron chi connectivity index (χ0n) is 12.7. The van der Waals surface area contributed by atoms with Crippen molar-refractivity contribution in [2.45, 2.75) is 0 Å². The van der Waals surface area contributed by atoms with Gasteiger partial charge in [-0.1, -0.05) is 39.3 Å². The second kappa shape index (κ2) is 6.38. The summed E-state index contributed by atoms with van der Waals surface area (Å²) in [5.41, 5.74) is 8.99. The van der Waals surface area contributed by atoms with Crippen LogP contribution in [0.1, 0.15) is 0 Å². The first kappa shape index (κ1) is 15.9. The fourth-order valence-corrected chi connectivity index (χ4v) is 3.62. The number of nitrogens with zero attached hydrogens (tertiary/aromatic N) is 4. The quantitative estimate of drug-likeness (QED) is 0.533. The second-order valence-electron chi connectivity index (χ2n) is 5.26. The van der Waals surface area contributed by atoms with Crippen LogP contribution in [0.25, 0.3) is 27.6 Å². The van der Waals surface area contributed by atoms with E-state index in [1.807, 2.05) is 29.6 Å². The Kier molecular flexibility index (Phi) is 4.06. The molecule has 2 aromatic heterocycles. The van der Waals surface area contributed by atoms with Crippen LogP contribution in [-0.2, 0) is 0 Å². The molecular formula is C17H11BrFN5S. The number of rotatable bonds is 3. The van der Waals surface area contributed by atoms with Gasteiger partial charge in [0.15, 0.2) is 11.5 Å². The molecule has 0 unspecified atom stereocenters. The van der Waals surface area contributed by atoms with Crippen LogP contribution in [0.4, 0.5) is 10.2 Å². The predicted molar refractivity (Wildman–Crippen MR) is 100.0 cm³/mol. The van der Waals surface area contributed by atoms with E-state index in [-0.39, 0.29) is 5.82 Å². The van der Waals surface area contributed by atoms with Crippen LogP contribution >= 0.6 is 27.3 Å². The van der Waals surface area contributed by atoms with E-state index in [4.69, 9.17) is 5.73 Å². The lowest BCUT2D eigenvalue weighted by molar-refractivity contribution is 0.625. The van der Waals surface area contributed by atoms with Gasteiger partial charge in [-0.25, -0.2) is 9.37 Å². The summed E-state index contributed by atoms with van der Waals surface area (Å²) < 4.78 is 15.8. The zero-order valence-corrected chi connectivity index (χ0v) is 15.1. The standard InChI is InChI=1S/C17H11BrFN5S/c18-11-4-1-3-10(7-11)14-9-25-17(21-14)15-16(20)24(23-22-15)13-6-2-5-12(19)8-13/h1-9H,20H2. The first-order valence-electron chi connectivity index (χ1n) is 7.31. The van der Waals surface area contributed by atoms with E-state index in [0.717, 1.165) is 15.7 Å². The fraction of sp³-hybridized carbons (Fsp3) is 0. The molecule has 0 aliphatic rings. The smallest absolute Gasteiger partial charge is 0.165 e. The van der Waals surface area contributed by atoms with E-state index in [0.29, 0.717) is 22.2 Å². The van der Waals surface area contributed by atoms with Crippen molar-refractivity contribution in [3.05, 3.63) is 64.2 Å². The third-order valence-electron chi connectivity index (χ3n) is 3.58. The van der Waals surface area contributed by atoms with Crippen LogP contribution in [0.2, 0.25) is 0 Å². The highest BCUT2D eigenvalue weighted by Crippen LogP contribution is 2.32. The van der Waals surface area contributed by atoms with E-state index >= 15 is 0 Å². The number of hydrogen-bond donors (Lipinski definition) is 1. The maximum atomic E-state index is 13.4. The minimum absolute atomic E-state index is 0.320. The number of benzene rings is 2. The molecule has 0 spiro atoms. The van der Waals surface area contributed by atoms with E-state index in [1.165, 1.54) is 28.2 Å². The molecule has 0 amide bonds. The number of hydrogen-bond acceptors (Lipinski definition) is 5. The van der Waals surface area contributed by atoms with Crippen LogP contribution in [0.15, 0.2) is 58.4 Å². The van der Waals surface area contributed by atoms with Gasteiger partial charge in [0.1, 0.15) is 10.8 Å². The third kappa shape index (κ3) is 3.06. The minimum Gasteiger partial charge on any atom is -0.382 e. The van der Waals surface area contributed by atoms with Gasteiger partial charge in [-0.15, -0.1) is 16.4 Å². The normalized spacial score (nSPS) is 11.0. The molecule has 2 aromatic carbocycles. The third-order valence-corrected chi connectivity index (χ3v) is 4.93. The van der Waals surface area contributed by atoms with Crippen molar-refractivity contribution >= 4 is 33.1 Å². The van der Waals surface area contributed by atoms with Gasteiger partial charge in [0.25, 0.3) is 0 Å². The maximum Gasteiger partial charge on any atom is 0.165 e. The van der Waals surface area contributed by atoms with E-state index in [2.05, 4.69) is 31.2 Å². The number of anilines is 1. The van der Waals surface area contributed by atoms with Gasteiger partial charge < -0.3 is 5.73 Å². The molecule has 25 heavy (non-hydrogen) atoms. The maximum absolute atomic E-state index is 13.4. The van der Waals surface area contributed by atoms with E-state index in [1.54, 1.807) is 12.1 Å². The number of aromatic nitrogens is 4. The largest absolute Gasteiger partial charge is 0.382 e. The van der Waals surface area contributed by atoms with Crippen molar-refractivity contribution in [3.63, 3.8) is 0 Å². The molecule has 0 aliphatic heterocycles. The Morgan fingerprint density at radius 2 is 1.96 bits per heavy atom. The lowest BCUT2D eigenvalue weighted by Gasteiger charge is -2.02.